The van der Waals surface area contributed by atoms with Gasteiger partial charge in [0.15, 0.2) is 0 Å². The molecule has 104 valence electrons. The van der Waals surface area contributed by atoms with Crippen LogP contribution >= 0.6 is 27.5 Å². The number of benzene rings is 1. The summed E-state index contributed by atoms with van der Waals surface area (Å²) in [5, 5.41) is 0.414. The van der Waals surface area contributed by atoms with Crippen LogP contribution < -0.4 is 10.5 Å². The van der Waals surface area contributed by atoms with Gasteiger partial charge >= 0.3 is 5.97 Å². The Morgan fingerprint density at radius 1 is 1.40 bits per heavy atom. The minimum Gasteiger partial charge on any atom is -0.465 e. The maximum absolute atomic E-state index is 11.5. The molecular weight excluding hydrogens is 348 g/mol. The van der Waals surface area contributed by atoms with Gasteiger partial charge in [0.2, 0.25) is 5.88 Å². The number of esters is 1. The Hall–Kier alpha value is -1.79. The van der Waals surface area contributed by atoms with E-state index in [0.29, 0.717) is 10.8 Å². The molecule has 5 nitrogen and oxygen atoms in total. The van der Waals surface area contributed by atoms with Crippen LogP contribution in [0.3, 0.4) is 0 Å². The van der Waals surface area contributed by atoms with Crippen molar-refractivity contribution in [3.05, 3.63) is 45.5 Å². The molecule has 20 heavy (non-hydrogen) atoms. The highest BCUT2D eigenvalue weighted by atomic mass is 79.9. The van der Waals surface area contributed by atoms with Gasteiger partial charge in [-0.1, -0.05) is 27.5 Å². The van der Waals surface area contributed by atoms with Gasteiger partial charge in [-0.3, -0.25) is 0 Å². The van der Waals surface area contributed by atoms with Crippen molar-refractivity contribution in [2.24, 2.45) is 0 Å². The third kappa shape index (κ3) is 3.20. The fraction of sp³-hybridized carbons (Fsp3) is 0.0769. The van der Waals surface area contributed by atoms with Crippen molar-refractivity contribution in [2.45, 2.75) is 0 Å². The number of carbonyl (C=O) groups is 1. The molecule has 0 aliphatic carbocycles. The van der Waals surface area contributed by atoms with Crippen molar-refractivity contribution in [1.29, 1.82) is 0 Å². The fourth-order valence-corrected chi connectivity index (χ4v) is 2.17. The number of methoxy groups -OCH3 is 1. The van der Waals surface area contributed by atoms with Crippen molar-refractivity contribution in [1.82, 2.24) is 4.98 Å². The molecule has 0 radical (unpaired) electrons. The van der Waals surface area contributed by atoms with E-state index in [1.807, 2.05) is 0 Å². The lowest BCUT2D eigenvalue weighted by Crippen LogP contribution is -2.06. The van der Waals surface area contributed by atoms with Gasteiger partial charge in [0.25, 0.3) is 0 Å². The zero-order valence-corrected chi connectivity index (χ0v) is 12.7. The topological polar surface area (TPSA) is 74.4 Å². The summed E-state index contributed by atoms with van der Waals surface area (Å²) in [6.07, 6.45) is 1.33. The highest BCUT2D eigenvalue weighted by Crippen LogP contribution is 2.31. The van der Waals surface area contributed by atoms with E-state index in [9.17, 15) is 4.79 Å². The Labute approximate surface area is 128 Å². The van der Waals surface area contributed by atoms with Gasteiger partial charge in [0.05, 0.1) is 29.6 Å². The van der Waals surface area contributed by atoms with Crippen LogP contribution in [-0.2, 0) is 4.74 Å². The molecule has 0 aliphatic heterocycles. The SMILES string of the molecule is COC(=O)c1cc(Oc2ccc(Br)cc2Cl)ncc1N. The summed E-state index contributed by atoms with van der Waals surface area (Å²) in [5.74, 6) is 0.0587. The molecular formula is C13H10BrClN2O3. The first-order valence-corrected chi connectivity index (χ1v) is 6.65. The average Bonchev–Trinajstić information content (AvgIpc) is 2.43. The van der Waals surface area contributed by atoms with Crippen LogP contribution in [0.5, 0.6) is 11.6 Å². The Bertz CT molecular complexity index is 664. The van der Waals surface area contributed by atoms with Crippen LogP contribution in [0.15, 0.2) is 34.9 Å². The van der Waals surface area contributed by atoms with E-state index in [2.05, 4.69) is 25.7 Å². The van der Waals surface area contributed by atoms with Crippen LogP contribution in [0.1, 0.15) is 10.4 Å². The first-order chi connectivity index (χ1) is 9.51. The number of halogens is 2. The van der Waals surface area contributed by atoms with Gasteiger partial charge < -0.3 is 15.2 Å². The molecule has 1 aromatic heterocycles. The van der Waals surface area contributed by atoms with Crippen LogP contribution in [0.4, 0.5) is 5.69 Å². The van der Waals surface area contributed by atoms with Crippen LogP contribution in [0.2, 0.25) is 5.02 Å². The molecule has 0 saturated carbocycles. The Balaban J connectivity index is 2.32. The smallest absolute Gasteiger partial charge is 0.340 e. The number of nitrogen functional groups attached to an aromatic ring is 1. The predicted octanol–water partition coefficient (Wildman–Crippen LogP) is 3.66. The molecule has 0 spiro atoms. The van der Waals surface area contributed by atoms with E-state index >= 15 is 0 Å². The molecule has 0 unspecified atom stereocenters. The molecule has 7 heteroatoms. The molecule has 0 aliphatic rings. The van der Waals surface area contributed by atoms with E-state index in [1.165, 1.54) is 19.4 Å². The summed E-state index contributed by atoms with van der Waals surface area (Å²) < 4.78 is 11.0. The van der Waals surface area contributed by atoms with Crippen molar-refractivity contribution < 1.29 is 14.3 Å². The van der Waals surface area contributed by atoms with Gasteiger partial charge in [0.1, 0.15) is 5.75 Å². The normalized spacial score (nSPS) is 10.2. The van der Waals surface area contributed by atoms with Gasteiger partial charge in [-0.05, 0) is 18.2 Å². The number of anilines is 1. The molecule has 0 fully saturated rings. The molecule has 2 aromatic rings. The number of nitrogens with two attached hydrogens (primary N) is 1. The molecule has 1 aromatic carbocycles. The van der Waals surface area contributed by atoms with Crippen molar-refractivity contribution in [3.63, 3.8) is 0 Å². The van der Waals surface area contributed by atoms with Gasteiger partial charge in [-0.2, -0.15) is 0 Å². The number of ether oxygens (including phenoxy) is 2. The van der Waals surface area contributed by atoms with E-state index < -0.39 is 5.97 Å². The first-order valence-electron chi connectivity index (χ1n) is 5.48. The number of carbonyl (C=O) groups excluding carboxylic acids is 1. The quantitative estimate of drug-likeness (QED) is 0.849. The van der Waals surface area contributed by atoms with Gasteiger partial charge in [-0.15, -0.1) is 0 Å². The summed E-state index contributed by atoms with van der Waals surface area (Å²) >= 11 is 9.34. The third-order valence-corrected chi connectivity index (χ3v) is 3.21. The second-order valence-electron chi connectivity index (χ2n) is 3.78. The molecule has 1 heterocycles. The minimum absolute atomic E-state index is 0.186. The second kappa shape index (κ2) is 6.11. The highest BCUT2D eigenvalue weighted by Gasteiger charge is 2.13. The third-order valence-electron chi connectivity index (χ3n) is 2.42. The van der Waals surface area contributed by atoms with E-state index in [1.54, 1.807) is 18.2 Å². The lowest BCUT2D eigenvalue weighted by Gasteiger charge is -2.09. The number of rotatable bonds is 3. The monoisotopic (exact) mass is 356 g/mol. The molecule has 0 amide bonds. The molecule has 0 atom stereocenters. The van der Waals surface area contributed by atoms with E-state index in [4.69, 9.17) is 22.1 Å². The predicted molar refractivity (Wildman–Crippen MR) is 79.2 cm³/mol. The summed E-state index contributed by atoms with van der Waals surface area (Å²) in [7, 11) is 1.27. The van der Waals surface area contributed by atoms with E-state index in [-0.39, 0.29) is 17.1 Å². The molecule has 2 rings (SSSR count). The number of nitrogens with zero attached hydrogens (tertiary/aromatic N) is 1. The summed E-state index contributed by atoms with van der Waals surface area (Å²) in [6, 6.07) is 6.55. The molecule has 2 N–H and O–H groups in total. The number of hydrogen-bond acceptors (Lipinski definition) is 5. The zero-order chi connectivity index (χ0) is 14.7. The summed E-state index contributed by atoms with van der Waals surface area (Å²) in [4.78, 5) is 15.5. The fourth-order valence-electron chi connectivity index (χ4n) is 1.46. The zero-order valence-electron chi connectivity index (χ0n) is 10.4. The van der Waals surface area contributed by atoms with E-state index in [0.717, 1.165) is 4.47 Å². The van der Waals surface area contributed by atoms with Gasteiger partial charge in [-0.25, -0.2) is 9.78 Å². The van der Waals surface area contributed by atoms with Crippen molar-refractivity contribution >= 4 is 39.2 Å². The van der Waals surface area contributed by atoms with Crippen molar-refractivity contribution in [3.8, 4) is 11.6 Å². The second-order valence-corrected chi connectivity index (χ2v) is 5.10. The number of pyridine rings is 1. The van der Waals surface area contributed by atoms with Gasteiger partial charge in [0, 0.05) is 10.5 Å². The number of hydrogen-bond donors (Lipinski definition) is 1. The Kier molecular flexibility index (Phi) is 4.46. The maximum Gasteiger partial charge on any atom is 0.340 e. The lowest BCUT2D eigenvalue weighted by molar-refractivity contribution is 0.0601. The standard InChI is InChI=1S/C13H10BrClN2O3/c1-19-13(18)8-5-12(17-6-10(8)16)20-11-3-2-7(14)4-9(11)15/h2-6H,16H2,1H3. The van der Waals surface area contributed by atoms with Crippen LogP contribution in [-0.4, -0.2) is 18.1 Å². The summed E-state index contributed by atoms with van der Waals surface area (Å²) in [5.41, 5.74) is 6.06. The lowest BCUT2D eigenvalue weighted by atomic mass is 10.2. The largest absolute Gasteiger partial charge is 0.465 e. The minimum atomic E-state index is -0.559. The first kappa shape index (κ1) is 14.6. The molecule has 0 bridgehead atoms. The van der Waals surface area contributed by atoms with Crippen LogP contribution in [0, 0.1) is 0 Å². The Morgan fingerprint density at radius 2 is 2.15 bits per heavy atom. The summed E-state index contributed by atoms with van der Waals surface area (Å²) in [6.45, 7) is 0. The van der Waals surface area contributed by atoms with Crippen LogP contribution in [0.25, 0.3) is 0 Å². The average molecular weight is 358 g/mol. The molecule has 0 saturated heterocycles. The highest BCUT2D eigenvalue weighted by molar-refractivity contribution is 9.10. The Morgan fingerprint density at radius 3 is 2.80 bits per heavy atom. The maximum atomic E-state index is 11.5. The van der Waals surface area contributed by atoms with Crippen molar-refractivity contribution in [2.75, 3.05) is 12.8 Å². The number of aromatic nitrogens is 1.